The van der Waals surface area contributed by atoms with Gasteiger partial charge in [-0.1, -0.05) is 0 Å². The Kier molecular flexibility index (Phi) is 3.26. The highest BCUT2D eigenvalue weighted by molar-refractivity contribution is 6.28. The topological polar surface area (TPSA) is 102 Å². The van der Waals surface area contributed by atoms with Crippen molar-refractivity contribution >= 4 is 17.5 Å². The number of halogens is 1. The van der Waals surface area contributed by atoms with Crippen LogP contribution in [0.25, 0.3) is 5.95 Å². The van der Waals surface area contributed by atoms with Gasteiger partial charge in [0.15, 0.2) is 0 Å². The zero-order valence-electron chi connectivity index (χ0n) is 9.94. The smallest absolute Gasteiger partial charge is 0.258 e. The van der Waals surface area contributed by atoms with E-state index in [9.17, 15) is 5.11 Å². The molecule has 0 spiro atoms. The van der Waals surface area contributed by atoms with Crippen LogP contribution in [0.15, 0.2) is 12.7 Å². The van der Waals surface area contributed by atoms with Crippen LogP contribution in [0.2, 0.25) is 5.28 Å². The van der Waals surface area contributed by atoms with Crippen LogP contribution in [0.1, 0.15) is 12.8 Å². The fourth-order valence-electron chi connectivity index (χ4n) is 1.94. The Bertz CT molecular complexity index is 555. The summed E-state index contributed by atoms with van der Waals surface area (Å²) in [4.78, 5) is 16.0. The van der Waals surface area contributed by atoms with Crippen molar-refractivity contribution in [1.82, 2.24) is 29.7 Å². The molecule has 0 bridgehead atoms. The summed E-state index contributed by atoms with van der Waals surface area (Å²) in [7, 11) is 0. The third-order valence-corrected chi connectivity index (χ3v) is 3.15. The minimum atomic E-state index is -0.167. The Labute approximate surface area is 113 Å². The monoisotopic (exact) mass is 281 g/mol. The van der Waals surface area contributed by atoms with Crippen LogP contribution in [-0.2, 0) is 0 Å². The van der Waals surface area contributed by atoms with Crippen molar-refractivity contribution in [3.63, 3.8) is 0 Å². The van der Waals surface area contributed by atoms with Crippen LogP contribution in [0.3, 0.4) is 0 Å². The molecular weight excluding hydrogens is 270 g/mol. The summed E-state index contributed by atoms with van der Waals surface area (Å²) in [5.41, 5.74) is 0. The molecule has 2 aromatic heterocycles. The summed E-state index contributed by atoms with van der Waals surface area (Å²) >= 11 is 5.85. The highest BCUT2D eigenvalue weighted by Crippen LogP contribution is 2.26. The van der Waals surface area contributed by atoms with Gasteiger partial charge in [-0.15, -0.1) is 0 Å². The number of nitrogens with one attached hydrogen (secondary N) is 1. The molecule has 0 saturated heterocycles. The first-order chi connectivity index (χ1) is 9.20. The van der Waals surface area contributed by atoms with Gasteiger partial charge in [0.25, 0.3) is 5.95 Å². The van der Waals surface area contributed by atoms with E-state index in [0.29, 0.717) is 24.4 Å². The Balaban J connectivity index is 1.71. The molecule has 1 saturated carbocycles. The van der Waals surface area contributed by atoms with Gasteiger partial charge in [-0.3, -0.25) is 0 Å². The predicted octanol–water partition coefficient (Wildman–Crippen LogP) is 0.288. The van der Waals surface area contributed by atoms with Gasteiger partial charge in [-0.25, -0.2) is 4.98 Å². The summed E-state index contributed by atoms with van der Waals surface area (Å²) in [6.07, 6.45) is 4.32. The molecule has 19 heavy (non-hydrogen) atoms. The van der Waals surface area contributed by atoms with Crippen molar-refractivity contribution in [3.05, 3.63) is 17.9 Å². The van der Waals surface area contributed by atoms with Crippen LogP contribution in [0, 0.1) is 5.92 Å². The van der Waals surface area contributed by atoms with E-state index < -0.39 is 0 Å². The molecule has 2 aromatic rings. The average molecular weight is 282 g/mol. The fourth-order valence-corrected chi connectivity index (χ4v) is 2.09. The van der Waals surface area contributed by atoms with E-state index in [4.69, 9.17) is 11.6 Å². The van der Waals surface area contributed by atoms with Crippen molar-refractivity contribution < 1.29 is 5.11 Å². The highest BCUT2D eigenvalue weighted by Gasteiger charge is 2.26. The molecule has 0 radical (unpaired) electrons. The molecule has 1 aliphatic carbocycles. The van der Waals surface area contributed by atoms with E-state index in [1.165, 1.54) is 17.3 Å². The number of aliphatic hydroxyl groups excluding tert-OH is 1. The summed E-state index contributed by atoms with van der Waals surface area (Å²) in [6, 6.07) is 0. The molecule has 0 aliphatic heterocycles. The summed E-state index contributed by atoms with van der Waals surface area (Å²) in [5.74, 6) is 1.15. The lowest BCUT2D eigenvalue weighted by Crippen LogP contribution is -2.33. The lowest BCUT2D eigenvalue weighted by molar-refractivity contribution is 0.0486. The number of hydrogen-bond acceptors (Lipinski definition) is 7. The molecule has 1 fully saturated rings. The molecule has 2 heterocycles. The first kappa shape index (κ1) is 12.2. The Hall–Kier alpha value is -1.80. The SMILES string of the molecule is OC1CC(CNc2nc(Cl)nc(-n3cncn3)n2)C1. The minimum absolute atomic E-state index is 0.0941. The lowest BCUT2D eigenvalue weighted by Gasteiger charge is -2.31. The molecule has 100 valence electrons. The molecule has 1 aliphatic rings. The number of aromatic nitrogens is 6. The molecule has 3 rings (SSSR count). The number of aliphatic hydroxyl groups is 1. The number of hydrogen-bond donors (Lipinski definition) is 2. The molecule has 0 aromatic carbocycles. The van der Waals surface area contributed by atoms with Crippen molar-refractivity contribution in [2.75, 3.05) is 11.9 Å². The van der Waals surface area contributed by atoms with Crippen LogP contribution >= 0.6 is 11.6 Å². The molecule has 2 N–H and O–H groups in total. The van der Waals surface area contributed by atoms with Gasteiger partial charge in [0, 0.05) is 6.54 Å². The van der Waals surface area contributed by atoms with Crippen molar-refractivity contribution in [3.8, 4) is 5.95 Å². The highest BCUT2D eigenvalue weighted by atomic mass is 35.5. The van der Waals surface area contributed by atoms with E-state index in [0.717, 1.165) is 12.8 Å². The van der Waals surface area contributed by atoms with Gasteiger partial charge < -0.3 is 10.4 Å². The first-order valence-electron chi connectivity index (χ1n) is 5.89. The first-order valence-corrected chi connectivity index (χ1v) is 6.27. The molecule has 0 unspecified atom stereocenters. The number of rotatable bonds is 4. The summed E-state index contributed by atoms with van der Waals surface area (Å²) < 4.78 is 1.41. The zero-order chi connectivity index (χ0) is 13.2. The molecule has 9 heteroatoms. The molecular formula is C10H12ClN7O. The predicted molar refractivity (Wildman–Crippen MR) is 67.0 cm³/mol. The van der Waals surface area contributed by atoms with Crippen LogP contribution in [-0.4, -0.2) is 47.5 Å². The van der Waals surface area contributed by atoms with Crippen molar-refractivity contribution in [1.29, 1.82) is 0 Å². The minimum Gasteiger partial charge on any atom is -0.393 e. The van der Waals surface area contributed by atoms with Gasteiger partial charge in [0.05, 0.1) is 6.10 Å². The van der Waals surface area contributed by atoms with Crippen molar-refractivity contribution in [2.24, 2.45) is 5.92 Å². The molecule has 8 nitrogen and oxygen atoms in total. The van der Waals surface area contributed by atoms with Gasteiger partial charge >= 0.3 is 0 Å². The summed E-state index contributed by atoms with van der Waals surface area (Å²) in [6.45, 7) is 0.703. The Morgan fingerprint density at radius 1 is 1.37 bits per heavy atom. The van der Waals surface area contributed by atoms with Gasteiger partial charge in [-0.2, -0.15) is 24.7 Å². The third-order valence-electron chi connectivity index (χ3n) is 2.98. The normalized spacial score (nSPS) is 22.0. The molecule has 0 atom stereocenters. The number of nitrogens with zero attached hydrogens (tertiary/aromatic N) is 6. The third kappa shape index (κ3) is 2.79. The second-order valence-corrected chi connectivity index (χ2v) is 4.78. The largest absolute Gasteiger partial charge is 0.393 e. The van der Waals surface area contributed by atoms with E-state index in [1.807, 2.05) is 0 Å². The standard InChI is InChI=1S/C10H12ClN7O/c11-8-15-9(13-3-6-1-7(19)2-6)17-10(16-8)18-5-12-4-14-18/h4-7,19H,1-3H2,(H,13,15,16,17). The number of anilines is 1. The van der Waals surface area contributed by atoms with Crippen LogP contribution in [0.4, 0.5) is 5.95 Å². The summed E-state index contributed by atoms with van der Waals surface area (Å²) in [5, 5.41) is 16.3. The molecule has 0 amide bonds. The van der Waals surface area contributed by atoms with Crippen LogP contribution < -0.4 is 5.32 Å². The van der Waals surface area contributed by atoms with Gasteiger partial charge in [0.1, 0.15) is 12.7 Å². The quantitative estimate of drug-likeness (QED) is 0.830. The second kappa shape index (κ2) is 5.06. The second-order valence-electron chi connectivity index (χ2n) is 4.44. The van der Waals surface area contributed by atoms with E-state index in [1.54, 1.807) is 0 Å². The van der Waals surface area contributed by atoms with Crippen molar-refractivity contribution in [2.45, 2.75) is 18.9 Å². The van der Waals surface area contributed by atoms with E-state index >= 15 is 0 Å². The fraction of sp³-hybridized carbons (Fsp3) is 0.500. The Morgan fingerprint density at radius 3 is 2.89 bits per heavy atom. The maximum Gasteiger partial charge on any atom is 0.258 e. The van der Waals surface area contributed by atoms with E-state index in [2.05, 4.69) is 30.4 Å². The maximum absolute atomic E-state index is 9.22. The van der Waals surface area contributed by atoms with E-state index in [-0.39, 0.29) is 11.4 Å². The van der Waals surface area contributed by atoms with Gasteiger partial charge in [0.2, 0.25) is 11.2 Å². The van der Waals surface area contributed by atoms with Gasteiger partial charge in [-0.05, 0) is 30.4 Å². The van der Waals surface area contributed by atoms with Crippen LogP contribution in [0.5, 0.6) is 0 Å². The Morgan fingerprint density at radius 2 is 2.21 bits per heavy atom. The average Bonchev–Trinajstić information content (AvgIpc) is 2.86. The maximum atomic E-state index is 9.22. The zero-order valence-corrected chi connectivity index (χ0v) is 10.7. The lowest BCUT2D eigenvalue weighted by atomic mass is 9.82.